The molecule has 0 unspecified atom stereocenters. The SMILES string of the molecule is CCC(CC)c1cc(-c2cc(C)ccc2C)[n+](C)c[c]1[Ge]([CH3])([CH3])[CH3]. The third kappa shape index (κ3) is 3.93. The van der Waals surface area contributed by atoms with Gasteiger partial charge in [0.25, 0.3) is 0 Å². The second-order valence-corrected chi connectivity index (χ2v) is 18.8. The topological polar surface area (TPSA) is 3.88 Å². The van der Waals surface area contributed by atoms with Crippen molar-refractivity contribution in [1.82, 2.24) is 0 Å². The Morgan fingerprint density at radius 3 is 2.17 bits per heavy atom. The second kappa shape index (κ2) is 7.43. The zero-order chi connectivity index (χ0) is 18.1. The molecule has 0 saturated heterocycles. The summed E-state index contributed by atoms with van der Waals surface area (Å²) in [6.07, 6.45) is 4.90. The van der Waals surface area contributed by atoms with Crippen molar-refractivity contribution >= 4 is 17.7 Å². The molecule has 1 nitrogen and oxygen atoms in total. The summed E-state index contributed by atoms with van der Waals surface area (Å²) in [5, 5.41) is 0. The van der Waals surface area contributed by atoms with Crippen LogP contribution in [0.25, 0.3) is 11.3 Å². The van der Waals surface area contributed by atoms with E-state index >= 15 is 0 Å². The zero-order valence-electron chi connectivity index (χ0n) is 16.8. The van der Waals surface area contributed by atoms with Gasteiger partial charge in [-0.1, -0.05) is 0 Å². The Morgan fingerprint density at radius 2 is 1.62 bits per heavy atom. The van der Waals surface area contributed by atoms with E-state index in [9.17, 15) is 0 Å². The predicted octanol–water partition coefficient (Wildman–Crippen LogP) is 5.24. The third-order valence-corrected chi connectivity index (χ3v) is 9.48. The zero-order valence-corrected chi connectivity index (χ0v) is 18.9. The molecule has 1 aromatic carbocycles. The summed E-state index contributed by atoms with van der Waals surface area (Å²) in [6.45, 7) is 9.07. The van der Waals surface area contributed by atoms with Gasteiger partial charge in [0.1, 0.15) is 0 Å². The molecule has 2 heteroatoms. The molecule has 0 fully saturated rings. The Bertz CT molecular complexity index is 721. The molecule has 2 rings (SSSR count). The van der Waals surface area contributed by atoms with E-state index in [0.717, 1.165) is 0 Å². The predicted molar refractivity (Wildman–Crippen MR) is 109 cm³/mol. The fourth-order valence-corrected chi connectivity index (χ4v) is 7.25. The number of pyridine rings is 1. The normalized spacial score (nSPS) is 12.0. The molecular weight excluding hydrogens is 351 g/mol. The van der Waals surface area contributed by atoms with Gasteiger partial charge in [0, 0.05) is 0 Å². The number of rotatable bonds is 5. The van der Waals surface area contributed by atoms with Gasteiger partial charge in [-0.2, -0.15) is 0 Å². The molecule has 0 spiro atoms. The first-order valence-electron chi connectivity index (χ1n) is 9.30. The molecule has 0 saturated carbocycles. The molecule has 0 amide bonds. The van der Waals surface area contributed by atoms with E-state index in [1.807, 2.05) is 0 Å². The second-order valence-electron chi connectivity index (χ2n) is 8.22. The van der Waals surface area contributed by atoms with Gasteiger partial charge in [0.05, 0.1) is 0 Å². The molecule has 0 radical (unpaired) electrons. The summed E-state index contributed by atoms with van der Waals surface area (Å²) in [7, 11) is 2.21. The van der Waals surface area contributed by atoms with Crippen LogP contribution in [0.1, 0.15) is 49.3 Å². The van der Waals surface area contributed by atoms with E-state index in [1.165, 1.54) is 35.2 Å². The Kier molecular flexibility index (Phi) is 5.96. The average molecular weight is 385 g/mol. The minimum absolute atomic E-state index is 0.676. The Labute approximate surface area is 151 Å². The van der Waals surface area contributed by atoms with Crippen molar-refractivity contribution in [2.24, 2.45) is 7.05 Å². The molecule has 0 aliphatic heterocycles. The standard InChI is InChI=1S/C22H34GeN/c1-9-18(10-2)20-14-22(19-13-16(3)11-12-17(19)4)24(8)15-21(20)23(5,6)7/h11-15,18H,9-10H2,1-8H3/q+1. The van der Waals surface area contributed by atoms with E-state index < -0.39 is 13.3 Å². The molecule has 24 heavy (non-hydrogen) atoms. The van der Waals surface area contributed by atoms with Crippen LogP contribution in [0.15, 0.2) is 30.5 Å². The first-order valence-corrected chi connectivity index (χ1v) is 16.6. The first kappa shape index (κ1) is 19.2. The fourth-order valence-electron chi connectivity index (χ4n) is 3.64. The van der Waals surface area contributed by atoms with Crippen LogP contribution in [0.5, 0.6) is 0 Å². The monoisotopic (exact) mass is 386 g/mol. The van der Waals surface area contributed by atoms with Crippen LogP contribution < -0.4 is 8.96 Å². The van der Waals surface area contributed by atoms with E-state index in [0.29, 0.717) is 5.92 Å². The van der Waals surface area contributed by atoms with Crippen LogP contribution in [0.2, 0.25) is 17.3 Å². The summed E-state index contributed by atoms with van der Waals surface area (Å²) in [6, 6.07) is 9.29. The molecule has 0 N–H and O–H groups in total. The van der Waals surface area contributed by atoms with Gasteiger partial charge in [-0.25, -0.2) is 0 Å². The van der Waals surface area contributed by atoms with E-state index in [1.54, 1.807) is 9.96 Å². The average Bonchev–Trinajstić information content (AvgIpc) is 2.51. The summed E-state index contributed by atoms with van der Waals surface area (Å²) in [4.78, 5) is 0. The molecule has 2 aromatic rings. The molecule has 1 heterocycles. The number of hydrogen-bond acceptors (Lipinski definition) is 0. The van der Waals surface area contributed by atoms with Gasteiger partial charge in [0.15, 0.2) is 0 Å². The first-order chi connectivity index (χ1) is 11.2. The van der Waals surface area contributed by atoms with E-state index in [-0.39, 0.29) is 0 Å². The quantitative estimate of drug-likeness (QED) is 0.490. The molecule has 1 aromatic heterocycles. The van der Waals surface area contributed by atoms with Gasteiger partial charge in [0.2, 0.25) is 0 Å². The van der Waals surface area contributed by atoms with Crippen molar-refractivity contribution in [2.45, 2.75) is 63.7 Å². The number of nitrogens with zero attached hydrogens (tertiary/aromatic N) is 1. The molecule has 0 aliphatic carbocycles. The van der Waals surface area contributed by atoms with Crippen molar-refractivity contribution in [1.29, 1.82) is 0 Å². The van der Waals surface area contributed by atoms with Crippen molar-refractivity contribution in [3.63, 3.8) is 0 Å². The third-order valence-electron chi connectivity index (χ3n) is 5.21. The maximum absolute atomic E-state index is 2.51. The van der Waals surface area contributed by atoms with Crippen LogP contribution in [-0.4, -0.2) is 13.3 Å². The van der Waals surface area contributed by atoms with Gasteiger partial charge in [-0.15, -0.1) is 0 Å². The maximum atomic E-state index is 2.51. The molecule has 0 atom stereocenters. The molecular formula is C22H34GeN+. The summed E-state index contributed by atoms with van der Waals surface area (Å²) in [5.41, 5.74) is 7.03. The van der Waals surface area contributed by atoms with Gasteiger partial charge in [-0.05, 0) is 0 Å². The Hall–Kier alpha value is -1.09. The number of benzene rings is 1. The fraction of sp³-hybridized carbons (Fsp3) is 0.500. The van der Waals surface area contributed by atoms with E-state index in [2.05, 4.69) is 87.0 Å². The van der Waals surface area contributed by atoms with Gasteiger partial charge in [-0.3, -0.25) is 0 Å². The summed E-state index contributed by atoms with van der Waals surface area (Å²) in [5.74, 6) is 8.21. The molecule has 0 aliphatic rings. The van der Waals surface area contributed by atoms with Crippen LogP contribution >= 0.6 is 0 Å². The molecule has 130 valence electrons. The van der Waals surface area contributed by atoms with Gasteiger partial charge < -0.3 is 0 Å². The van der Waals surface area contributed by atoms with Crippen LogP contribution in [0.3, 0.4) is 0 Å². The van der Waals surface area contributed by atoms with Crippen LogP contribution in [0, 0.1) is 13.8 Å². The number of hydrogen-bond donors (Lipinski definition) is 0. The van der Waals surface area contributed by atoms with Crippen molar-refractivity contribution in [2.75, 3.05) is 0 Å². The van der Waals surface area contributed by atoms with Crippen molar-refractivity contribution in [3.05, 3.63) is 47.2 Å². The Morgan fingerprint density at radius 1 is 1.00 bits per heavy atom. The van der Waals surface area contributed by atoms with Crippen LogP contribution in [-0.2, 0) is 7.05 Å². The number of aromatic nitrogens is 1. The van der Waals surface area contributed by atoms with Crippen molar-refractivity contribution < 1.29 is 4.57 Å². The summed E-state index contributed by atoms with van der Waals surface area (Å²) < 4.78 is 4.03. The minimum atomic E-state index is -1.91. The van der Waals surface area contributed by atoms with Crippen molar-refractivity contribution in [3.8, 4) is 11.3 Å². The Balaban J connectivity index is 2.75. The van der Waals surface area contributed by atoms with Gasteiger partial charge >= 0.3 is 151 Å². The van der Waals surface area contributed by atoms with Crippen LogP contribution in [0.4, 0.5) is 0 Å². The number of aryl methyl sites for hydroxylation is 3. The molecule has 0 bridgehead atoms. The van der Waals surface area contributed by atoms with E-state index in [4.69, 9.17) is 0 Å². The summed E-state index contributed by atoms with van der Waals surface area (Å²) >= 11 is -1.91.